The second-order valence-electron chi connectivity index (χ2n) is 5.72. The summed E-state index contributed by atoms with van der Waals surface area (Å²) in [5, 5.41) is 9.64. The first-order valence-electron chi connectivity index (χ1n) is 7.51. The Morgan fingerprint density at radius 1 is 1.14 bits per heavy atom. The predicted octanol–water partition coefficient (Wildman–Crippen LogP) is 3.11. The highest BCUT2D eigenvalue weighted by molar-refractivity contribution is 5.66. The van der Waals surface area contributed by atoms with E-state index in [1.165, 1.54) is 12.8 Å². The van der Waals surface area contributed by atoms with Crippen LogP contribution in [0.5, 0.6) is 0 Å². The fraction of sp³-hybridized carbons (Fsp3) is 0.412. The van der Waals surface area contributed by atoms with E-state index < -0.39 is 6.10 Å². The second-order valence-corrected chi connectivity index (χ2v) is 5.72. The maximum absolute atomic E-state index is 9.64. The summed E-state index contributed by atoms with van der Waals surface area (Å²) in [7, 11) is 0. The van der Waals surface area contributed by atoms with Crippen LogP contribution >= 0.6 is 0 Å². The highest BCUT2D eigenvalue weighted by Crippen LogP contribution is 2.26. The summed E-state index contributed by atoms with van der Waals surface area (Å²) in [6, 6.07) is 6.02. The van der Waals surface area contributed by atoms with Crippen molar-refractivity contribution in [3.05, 3.63) is 41.7 Å². The SMILES string of the molecule is Cc1cc([C@H](C)O)ccc1-c1cnc(N2CCCC2)nc1. The van der Waals surface area contributed by atoms with Gasteiger partial charge in [0.05, 0.1) is 6.10 Å². The van der Waals surface area contributed by atoms with E-state index in [9.17, 15) is 5.11 Å². The zero-order chi connectivity index (χ0) is 14.8. The zero-order valence-electron chi connectivity index (χ0n) is 12.6. The monoisotopic (exact) mass is 283 g/mol. The van der Waals surface area contributed by atoms with Crippen LogP contribution in [0.1, 0.15) is 37.0 Å². The third-order valence-electron chi connectivity index (χ3n) is 4.07. The van der Waals surface area contributed by atoms with Crippen LogP contribution < -0.4 is 4.90 Å². The molecule has 0 unspecified atom stereocenters. The van der Waals surface area contributed by atoms with Crippen molar-refractivity contribution in [2.75, 3.05) is 18.0 Å². The van der Waals surface area contributed by atoms with Gasteiger partial charge in [0.2, 0.25) is 5.95 Å². The number of nitrogens with zero attached hydrogens (tertiary/aromatic N) is 3. The van der Waals surface area contributed by atoms with Crippen molar-refractivity contribution in [2.45, 2.75) is 32.8 Å². The van der Waals surface area contributed by atoms with Gasteiger partial charge in [-0.15, -0.1) is 0 Å². The first-order chi connectivity index (χ1) is 10.1. The Morgan fingerprint density at radius 2 is 1.81 bits per heavy atom. The lowest BCUT2D eigenvalue weighted by atomic mass is 9.99. The fourth-order valence-corrected chi connectivity index (χ4v) is 2.81. The summed E-state index contributed by atoms with van der Waals surface area (Å²) in [5.74, 6) is 0.828. The van der Waals surface area contributed by atoms with Crippen molar-refractivity contribution in [3.63, 3.8) is 0 Å². The van der Waals surface area contributed by atoms with Crippen molar-refractivity contribution in [1.82, 2.24) is 9.97 Å². The lowest BCUT2D eigenvalue weighted by Crippen LogP contribution is -2.20. The smallest absolute Gasteiger partial charge is 0.225 e. The van der Waals surface area contributed by atoms with Gasteiger partial charge < -0.3 is 10.0 Å². The van der Waals surface area contributed by atoms with E-state index in [0.29, 0.717) is 0 Å². The maximum atomic E-state index is 9.64. The molecule has 110 valence electrons. The molecule has 1 aromatic carbocycles. The molecular weight excluding hydrogens is 262 g/mol. The molecule has 0 amide bonds. The Balaban J connectivity index is 1.86. The molecule has 1 saturated heterocycles. The van der Waals surface area contributed by atoms with Gasteiger partial charge in [-0.25, -0.2) is 9.97 Å². The summed E-state index contributed by atoms with van der Waals surface area (Å²) >= 11 is 0. The highest BCUT2D eigenvalue weighted by Gasteiger charge is 2.15. The average Bonchev–Trinajstić information content (AvgIpc) is 3.01. The molecule has 1 fully saturated rings. The van der Waals surface area contributed by atoms with Gasteiger partial charge in [0.1, 0.15) is 0 Å². The topological polar surface area (TPSA) is 49.3 Å². The minimum absolute atomic E-state index is 0.438. The Labute approximate surface area is 125 Å². The molecular formula is C17H21N3O. The van der Waals surface area contributed by atoms with Crippen LogP contribution in [0.3, 0.4) is 0 Å². The molecule has 0 bridgehead atoms. The number of aryl methyl sites for hydroxylation is 1. The van der Waals surface area contributed by atoms with Gasteiger partial charge in [-0.3, -0.25) is 0 Å². The largest absolute Gasteiger partial charge is 0.389 e. The molecule has 3 rings (SSSR count). The van der Waals surface area contributed by atoms with Crippen LogP contribution in [-0.2, 0) is 0 Å². The molecule has 2 heterocycles. The number of hydrogen-bond acceptors (Lipinski definition) is 4. The predicted molar refractivity (Wildman–Crippen MR) is 84.3 cm³/mol. The molecule has 4 nitrogen and oxygen atoms in total. The Bertz CT molecular complexity index is 616. The molecule has 4 heteroatoms. The van der Waals surface area contributed by atoms with E-state index in [1.807, 2.05) is 30.6 Å². The van der Waals surface area contributed by atoms with E-state index in [0.717, 1.165) is 41.3 Å². The molecule has 2 aromatic rings. The fourth-order valence-electron chi connectivity index (χ4n) is 2.81. The van der Waals surface area contributed by atoms with Gasteiger partial charge in [0.25, 0.3) is 0 Å². The molecule has 1 aromatic heterocycles. The van der Waals surface area contributed by atoms with Crippen LogP contribution in [0, 0.1) is 6.92 Å². The number of benzene rings is 1. The molecule has 0 radical (unpaired) electrons. The lowest BCUT2D eigenvalue weighted by molar-refractivity contribution is 0.199. The third kappa shape index (κ3) is 2.90. The van der Waals surface area contributed by atoms with Crippen molar-refractivity contribution in [2.24, 2.45) is 0 Å². The summed E-state index contributed by atoms with van der Waals surface area (Å²) in [6.07, 6.45) is 5.80. The maximum Gasteiger partial charge on any atom is 0.225 e. The van der Waals surface area contributed by atoms with Crippen LogP contribution in [0.4, 0.5) is 5.95 Å². The Hall–Kier alpha value is -1.94. The summed E-state index contributed by atoms with van der Waals surface area (Å²) < 4.78 is 0. The molecule has 1 atom stereocenters. The van der Waals surface area contributed by atoms with Crippen LogP contribution in [-0.4, -0.2) is 28.2 Å². The molecule has 0 saturated carbocycles. The number of anilines is 1. The molecule has 21 heavy (non-hydrogen) atoms. The van der Waals surface area contributed by atoms with Crippen molar-refractivity contribution in [1.29, 1.82) is 0 Å². The van der Waals surface area contributed by atoms with Gasteiger partial charge in [-0.1, -0.05) is 18.2 Å². The minimum Gasteiger partial charge on any atom is -0.389 e. The van der Waals surface area contributed by atoms with Crippen molar-refractivity contribution >= 4 is 5.95 Å². The third-order valence-corrected chi connectivity index (χ3v) is 4.07. The summed E-state index contributed by atoms with van der Waals surface area (Å²) in [4.78, 5) is 11.2. The minimum atomic E-state index is -0.438. The Kier molecular flexibility index (Phi) is 3.88. The van der Waals surface area contributed by atoms with Crippen LogP contribution in [0.2, 0.25) is 0 Å². The standard InChI is InChI=1S/C17H21N3O/c1-12-9-14(13(2)21)5-6-16(12)15-10-18-17(19-11-15)20-7-3-4-8-20/h5-6,9-11,13,21H,3-4,7-8H2,1-2H3/t13-/m0/s1. The summed E-state index contributed by atoms with van der Waals surface area (Å²) in [6.45, 7) is 5.95. The van der Waals surface area contributed by atoms with Crippen molar-refractivity contribution < 1.29 is 5.11 Å². The zero-order valence-corrected chi connectivity index (χ0v) is 12.6. The van der Waals surface area contributed by atoms with Crippen molar-refractivity contribution in [3.8, 4) is 11.1 Å². The molecule has 1 aliphatic heterocycles. The number of hydrogen-bond donors (Lipinski definition) is 1. The number of rotatable bonds is 3. The van der Waals surface area contributed by atoms with Crippen LogP contribution in [0.15, 0.2) is 30.6 Å². The molecule has 1 N–H and O–H groups in total. The first-order valence-corrected chi connectivity index (χ1v) is 7.51. The van der Waals surface area contributed by atoms with Gasteiger partial charge in [0.15, 0.2) is 0 Å². The molecule has 1 aliphatic rings. The van der Waals surface area contributed by atoms with E-state index >= 15 is 0 Å². The average molecular weight is 283 g/mol. The van der Waals surface area contributed by atoms with Crippen LogP contribution in [0.25, 0.3) is 11.1 Å². The Morgan fingerprint density at radius 3 is 2.38 bits per heavy atom. The molecule has 0 spiro atoms. The van der Waals surface area contributed by atoms with E-state index in [-0.39, 0.29) is 0 Å². The number of aliphatic hydroxyl groups is 1. The number of aliphatic hydroxyl groups excluding tert-OH is 1. The van der Waals surface area contributed by atoms with E-state index in [4.69, 9.17) is 0 Å². The lowest BCUT2D eigenvalue weighted by Gasteiger charge is -2.15. The number of aromatic nitrogens is 2. The van der Waals surface area contributed by atoms with Gasteiger partial charge >= 0.3 is 0 Å². The molecule has 0 aliphatic carbocycles. The quantitative estimate of drug-likeness (QED) is 0.940. The van der Waals surface area contributed by atoms with E-state index in [2.05, 4.69) is 21.8 Å². The second kappa shape index (κ2) is 5.82. The van der Waals surface area contributed by atoms with E-state index in [1.54, 1.807) is 6.92 Å². The van der Waals surface area contributed by atoms with Gasteiger partial charge in [-0.2, -0.15) is 0 Å². The summed E-state index contributed by atoms with van der Waals surface area (Å²) in [5.41, 5.74) is 4.21. The normalized spacial score (nSPS) is 16.2. The van der Waals surface area contributed by atoms with Gasteiger partial charge in [0, 0.05) is 31.0 Å². The first kappa shape index (κ1) is 14.0. The highest BCUT2D eigenvalue weighted by atomic mass is 16.3. The van der Waals surface area contributed by atoms with Gasteiger partial charge in [-0.05, 0) is 43.4 Å².